The van der Waals surface area contributed by atoms with Crippen molar-refractivity contribution in [2.24, 2.45) is 5.10 Å². The first-order valence-electron chi connectivity index (χ1n) is 11.6. The van der Waals surface area contributed by atoms with Crippen LogP contribution in [-0.4, -0.2) is 56.4 Å². The summed E-state index contributed by atoms with van der Waals surface area (Å²) in [6.45, 7) is 6.52. The summed E-state index contributed by atoms with van der Waals surface area (Å²) in [5, 5.41) is 9.67. The summed E-state index contributed by atoms with van der Waals surface area (Å²) in [4.78, 5) is 36.0. The molecule has 0 bridgehead atoms. The van der Waals surface area contributed by atoms with Crippen LogP contribution in [0.3, 0.4) is 0 Å². The van der Waals surface area contributed by atoms with E-state index < -0.39 is 17.7 Å². The van der Waals surface area contributed by atoms with Crippen molar-refractivity contribution >= 4 is 52.8 Å². The number of carbonyl (C=O) groups excluding carboxylic acids is 3. The summed E-state index contributed by atoms with van der Waals surface area (Å²) in [6, 6.07) is 9.61. The second kappa shape index (κ2) is 15.7. The highest BCUT2D eigenvalue weighted by Crippen LogP contribution is 2.28. The molecule has 0 heterocycles. The van der Waals surface area contributed by atoms with Crippen molar-refractivity contribution in [3.05, 3.63) is 52.0 Å². The molecule has 3 amide bonds. The van der Waals surface area contributed by atoms with E-state index in [2.05, 4.69) is 21.2 Å². The van der Waals surface area contributed by atoms with Crippen molar-refractivity contribution < 1.29 is 28.6 Å². The third kappa shape index (κ3) is 11.1. The predicted molar refractivity (Wildman–Crippen MR) is 143 cm³/mol. The number of carbonyl (C=O) groups is 3. The molecule has 200 valence electrons. The minimum absolute atomic E-state index is 0.108. The first kappa shape index (κ1) is 29.9. The lowest BCUT2D eigenvalue weighted by atomic mass is 10.2. The lowest BCUT2D eigenvalue weighted by Gasteiger charge is -2.13. The van der Waals surface area contributed by atoms with Crippen LogP contribution in [0.1, 0.15) is 32.8 Å². The number of nitrogens with zero attached hydrogens (tertiary/aromatic N) is 1. The van der Waals surface area contributed by atoms with Crippen LogP contribution in [0.15, 0.2) is 41.5 Å². The summed E-state index contributed by atoms with van der Waals surface area (Å²) >= 11 is 11.8. The van der Waals surface area contributed by atoms with Crippen LogP contribution in [0.5, 0.6) is 11.5 Å². The SMILES string of the molecule is CCOc1cc(/C=N\NC(=O)C(=O)NCCCOC(C)C)ccc1OCC(=O)Nc1ccc(Cl)c(Cl)c1. The van der Waals surface area contributed by atoms with Crippen molar-refractivity contribution in [1.29, 1.82) is 0 Å². The fourth-order valence-corrected chi connectivity index (χ4v) is 3.09. The van der Waals surface area contributed by atoms with Crippen molar-refractivity contribution in [2.75, 3.05) is 31.7 Å². The van der Waals surface area contributed by atoms with Gasteiger partial charge < -0.3 is 24.8 Å². The Labute approximate surface area is 225 Å². The molecule has 0 aliphatic carbocycles. The van der Waals surface area contributed by atoms with E-state index in [9.17, 15) is 14.4 Å². The van der Waals surface area contributed by atoms with Gasteiger partial charge in [0.15, 0.2) is 18.1 Å². The number of amides is 3. The standard InChI is InChI=1S/C25H30Cl2N4O6/c1-4-35-22-12-17(14-29-31-25(34)24(33)28-10-5-11-36-16(2)3)6-9-21(22)37-15-23(32)30-18-7-8-19(26)20(27)13-18/h6-9,12-14,16H,4-5,10-11,15H2,1-3H3,(H,28,33)(H,30,32)(H,31,34)/b29-14-. The summed E-state index contributed by atoms with van der Waals surface area (Å²) in [7, 11) is 0. The van der Waals surface area contributed by atoms with Crippen LogP contribution in [0.2, 0.25) is 10.0 Å². The Bertz CT molecular complexity index is 1110. The van der Waals surface area contributed by atoms with Crippen molar-refractivity contribution in [3.8, 4) is 11.5 Å². The summed E-state index contributed by atoms with van der Waals surface area (Å²) in [5.41, 5.74) is 3.23. The minimum Gasteiger partial charge on any atom is -0.490 e. The second-order valence-electron chi connectivity index (χ2n) is 7.83. The lowest BCUT2D eigenvalue weighted by Crippen LogP contribution is -2.38. The molecule has 2 aromatic rings. The van der Waals surface area contributed by atoms with E-state index in [1.165, 1.54) is 12.3 Å². The number of hydrazone groups is 1. The molecule has 3 N–H and O–H groups in total. The van der Waals surface area contributed by atoms with E-state index in [0.29, 0.717) is 59.0 Å². The van der Waals surface area contributed by atoms with Gasteiger partial charge in [-0.1, -0.05) is 23.2 Å². The normalized spacial score (nSPS) is 10.9. The van der Waals surface area contributed by atoms with Gasteiger partial charge in [0, 0.05) is 18.8 Å². The van der Waals surface area contributed by atoms with Crippen molar-refractivity contribution in [1.82, 2.24) is 10.7 Å². The second-order valence-corrected chi connectivity index (χ2v) is 8.65. The number of halogens is 2. The van der Waals surface area contributed by atoms with Gasteiger partial charge in [-0.2, -0.15) is 5.10 Å². The third-order valence-electron chi connectivity index (χ3n) is 4.47. The number of hydrogen-bond donors (Lipinski definition) is 3. The van der Waals surface area contributed by atoms with Crippen molar-refractivity contribution in [2.45, 2.75) is 33.3 Å². The van der Waals surface area contributed by atoms with E-state index in [4.69, 9.17) is 37.4 Å². The van der Waals surface area contributed by atoms with E-state index in [1.54, 1.807) is 37.3 Å². The maximum absolute atomic E-state index is 12.3. The van der Waals surface area contributed by atoms with E-state index in [1.807, 2.05) is 13.8 Å². The van der Waals surface area contributed by atoms with Crippen LogP contribution in [0.25, 0.3) is 0 Å². The Kier molecular flexibility index (Phi) is 12.7. The van der Waals surface area contributed by atoms with Gasteiger partial charge in [-0.25, -0.2) is 5.43 Å². The van der Waals surface area contributed by atoms with Gasteiger partial charge in [-0.05, 0) is 69.2 Å². The lowest BCUT2D eigenvalue weighted by molar-refractivity contribution is -0.139. The number of nitrogens with one attached hydrogen (secondary N) is 3. The first-order valence-corrected chi connectivity index (χ1v) is 12.3. The Morgan fingerprint density at radius 3 is 2.49 bits per heavy atom. The largest absolute Gasteiger partial charge is 0.490 e. The molecule has 0 saturated carbocycles. The summed E-state index contributed by atoms with van der Waals surface area (Å²) in [6.07, 6.45) is 2.05. The number of rotatable bonds is 13. The quantitative estimate of drug-likeness (QED) is 0.150. The average molecular weight is 553 g/mol. The fraction of sp³-hybridized carbons (Fsp3) is 0.360. The summed E-state index contributed by atoms with van der Waals surface area (Å²) < 4.78 is 16.6. The molecule has 12 heteroatoms. The Morgan fingerprint density at radius 1 is 1.00 bits per heavy atom. The Morgan fingerprint density at radius 2 is 1.78 bits per heavy atom. The maximum Gasteiger partial charge on any atom is 0.329 e. The highest BCUT2D eigenvalue weighted by atomic mass is 35.5. The Balaban J connectivity index is 1.86. The molecule has 37 heavy (non-hydrogen) atoms. The van der Waals surface area contributed by atoms with Gasteiger partial charge in [-0.15, -0.1) is 0 Å². The average Bonchev–Trinajstić information content (AvgIpc) is 2.85. The van der Waals surface area contributed by atoms with Crippen LogP contribution in [-0.2, 0) is 19.1 Å². The number of benzene rings is 2. The van der Waals surface area contributed by atoms with Crippen LogP contribution < -0.4 is 25.5 Å². The molecule has 0 fully saturated rings. The molecule has 2 aromatic carbocycles. The van der Waals surface area contributed by atoms with Gasteiger partial charge in [0.1, 0.15) is 0 Å². The van der Waals surface area contributed by atoms with E-state index in [0.717, 1.165) is 0 Å². The zero-order valence-electron chi connectivity index (χ0n) is 20.8. The molecular formula is C25H30Cl2N4O6. The zero-order valence-corrected chi connectivity index (χ0v) is 22.3. The molecule has 0 saturated heterocycles. The maximum atomic E-state index is 12.3. The van der Waals surface area contributed by atoms with E-state index >= 15 is 0 Å². The molecule has 0 aliphatic rings. The summed E-state index contributed by atoms with van der Waals surface area (Å²) in [5.74, 6) is -1.37. The van der Waals surface area contributed by atoms with Gasteiger partial charge in [0.25, 0.3) is 5.91 Å². The van der Waals surface area contributed by atoms with Crippen molar-refractivity contribution in [3.63, 3.8) is 0 Å². The molecule has 0 atom stereocenters. The molecular weight excluding hydrogens is 523 g/mol. The van der Waals surface area contributed by atoms with Crippen LogP contribution >= 0.6 is 23.2 Å². The molecule has 2 rings (SSSR count). The van der Waals surface area contributed by atoms with Gasteiger partial charge >= 0.3 is 11.8 Å². The monoisotopic (exact) mass is 552 g/mol. The Hall–Kier alpha value is -3.34. The van der Waals surface area contributed by atoms with Crippen LogP contribution in [0, 0.1) is 0 Å². The van der Waals surface area contributed by atoms with Gasteiger partial charge in [0.05, 0.1) is 29.0 Å². The third-order valence-corrected chi connectivity index (χ3v) is 5.21. The molecule has 0 unspecified atom stereocenters. The molecule has 0 radical (unpaired) electrons. The van der Waals surface area contributed by atoms with Gasteiger partial charge in [-0.3, -0.25) is 14.4 Å². The van der Waals surface area contributed by atoms with Crippen LogP contribution in [0.4, 0.5) is 5.69 Å². The first-order chi connectivity index (χ1) is 17.7. The smallest absolute Gasteiger partial charge is 0.329 e. The molecule has 0 aliphatic heterocycles. The topological polar surface area (TPSA) is 127 Å². The molecule has 0 spiro atoms. The predicted octanol–water partition coefficient (Wildman–Crippen LogP) is 3.79. The van der Waals surface area contributed by atoms with E-state index in [-0.39, 0.29) is 12.7 Å². The minimum atomic E-state index is -0.890. The number of hydrogen-bond acceptors (Lipinski definition) is 7. The zero-order chi connectivity index (χ0) is 27.2. The molecule has 0 aromatic heterocycles. The number of ether oxygens (including phenoxy) is 3. The fourth-order valence-electron chi connectivity index (χ4n) is 2.80. The molecule has 10 nitrogen and oxygen atoms in total. The highest BCUT2D eigenvalue weighted by Gasteiger charge is 2.12. The van der Waals surface area contributed by atoms with Gasteiger partial charge in [0.2, 0.25) is 0 Å². The number of anilines is 1. The highest BCUT2D eigenvalue weighted by molar-refractivity contribution is 6.42.